The zero-order valence-electron chi connectivity index (χ0n) is 14.0. The first kappa shape index (κ1) is 15.3. The van der Waals surface area contributed by atoms with Gasteiger partial charge < -0.3 is 9.88 Å². The van der Waals surface area contributed by atoms with E-state index in [1.54, 1.807) is 23.6 Å². The van der Waals surface area contributed by atoms with Gasteiger partial charge in [0.25, 0.3) is 5.91 Å². The van der Waals surface area contributed by atoms with Crippen LogP contribution in [0, 0.1) is 13.8 Å². The molecule has 0 spiro atoms. The van der Waals surface area contributed by atoms with Gasteiger partial charge in [-0.1, -0.05) is 0 Å². The molecule has 1 aliphatic rings. The molecule has 0 saturated heterocycles. The zero-order valence-corrected chi connectivity index (χ0v) is 14.8. The Morgan fingerprint density at radius 1 is 1.38 bits per heavy atom. The summed E-state index contributed by atoms with van der Waals surface area (Å²) in [6, 6.07) is 1.72. The van der Waals surface area contributed by atoms with Gasteiger partial charge in [0, 0.05) is 18.1 Å². The summed E-state index contributed by atoms with van der Waals surface area (Å²) >= 11 is 1.74. The lowest BCUT2D eigenvalue weighted by molar-refractivity contribution is 0.0933. The van der Waals surface area contributed by atoms with Crippen molar-refractivity contribution in [2.75, 3.05) is 0 Å². The zero-order chi connectivity index (χ0) is 16.8. The van der Waals surface area contributed by atoms with Gasteiger partial charge in [0.05, 0.1) is 22.3 Å². The lowest BCUT2D eigenvalue weighted by Gasteiger charge is -2.22. The number of hydrogen-bond acceptors (Lipinski definition) is 5. The van der Waals surface area contributed by atoms with Crippen LogP contribution in [0.15, 0.2) is 12.3 Å². The Bertz CT molecular complexity index is 942. The van der Waals surface area contributed by atoms with Gasteiger partial charge in [0.1, 0.15) is 11.3 Å². The second kappa shape index (κ2) is 5.66. The molecular formula is C17H19N5OS. The number of imidazole rings is 1. The van der Waals surface area contributed by atoms with Gasteiger partial charge in [-0.3, -0.25) is 4.79 Å². The summed E-state index contributed by atoms with van der Waals surface area (Å²) in [5, 5.41) is 4.22. The second-order valence-corrected chi connectivity index (χ2v) is 7.50. The highest BCUT2D eigenvalue weighted by Crippen LogP contribution is 2.33. The van der Waals surface area contributed by atoms with Crippen LogP contribution in [0.4, 0.5) is 0 Å². The topological polar surface area (TPSA) is 72.7 Å². The third-order valence-electron chi connectivity index (χ3n) is 4.59. The van der Waals surface area contributed by atoms with Crippen LogP contribution in [0.2, 0.25) is 0 Å². The molecule has 1 atom stereocenters. The minimum absolute atomic E-state index is 0.0146. The highest BCUT2D eigenvalue weighted by molar-refractivity contribution is 7.11. The van der Waals surface area contributed by atoms with E-state index < -0.39 is 0 Å². The van der Waals surface area contributed by atoms with Crippen LogP contribution in [0.1, 0.15) is 50.6 Å². The summed E-state index contributed by atoms with van der Waals surface area (Å²) in [6.07, 6.45) is 4.73. The summed E-state index contributed by atoms with van der Waals surface area (Å²) in [5.74, 6) is 0.733. The predicted molar refractivity (Wildman–Crippen MR) is 93.2 cm³/mol. The number of hydrogen-bond donors (Lipinski definition) is 1. The minimum atomic E-state index is -0.107. The number of aromatic nitrogens is 4. The van der Waals surface area contributed by atoms with Crippen LogP contribution < -0.4 is 5.32 Å². The molecule has 3 aromatic heterocycles. The van der Waals surface area contributed by atoms with Crippen molar-refractivity contribution < 1.29 is 4.79 Å². The van der Waals surface area contributed by atoms with Crippen LogP contribution in [-0.4, -0.2) is 25.4 Å². The number of aryl methyl sites for hydroxylation is 4. The fraction of sp³-hybridized carbons (Fsp3) is 0.412. The largest absolute Gasteiger partial charge is 0.344 e. The molecule has 0 radical (unpaired) electrons. The van der Waals surface area contributed by atoms with Crippen molar-refractivity contribution in [3.8, 4) is 0 Å². The van der Waals surface area contributed by atoms with Gasteiger partial charge in [-0.15, -0.1) is 11.3 Å². The summed E-state index contributed by atoms with van der Waals surface area (Å²) < 4.78 is 1.90. The number of pyridine rings is 1. The molecule has 0 aliphatic heterocycles. The monoisotopic (exact) mass is 341 g/mol. The van der Waals surface area contributed by atoms with E-state index in [2.05, 4.69) is 20.3 Å². The van der Waals surface area contributed by atoms with Gasteiger partial charge in [-0.05, 0) is 39.2 Å². The molecule has 124 valence electrons. The molecule has 0 saturated carbocycles. The average molecular weight is 341 g/mol. The Balaban J connectivity index is 1.67. The molecule has 0 bridgehead atoms. The molecule has 7 heteroatoms. The summed E-state index contributed by atoms with van der Waals surface area (Å²) in [6.45, 7) is 3.93. The molecule has 1 N–H and O–H groups in total. The fourth-order valence-corrected chi connectivity index (χ4v) is 4.33. The normalized spacial score (nSPS) is 17.0. The van der Waals surface area contributed by atoms with Crippen molar-refractivity contribution in [3.05, 3.63) is 39.2 Å². The Kier molecular flexibility index (Phi) is 3.60. The molecule has 6 nitrogen and oxygen atoms in total. The standard InChI is InChI=1S/C17H19N5OS/c1-9-19-14-11(7-8-18-16(14)22(9)3)17(23)21-12-5-4-6-13-15(12)20-10(2)24-13/h7-8,12H,4-6H2,1-3H3,(H,21,23). The highest BCUT2D eigenvalue weighted by atomic mass is 32.1. The number of rotatable bonds is 2. The lowest BCUT2D eigenvalue weighted by atomic mass is 9.97. The van der Waals surface area contributed by atoms with E-state index in [4.69, 9.17) is 0 Å². The van der Waals surface area contributed by atoms with Crippen molar-refractivity contribution in [1.82, 2.24) is 24.8 Å². The number of nitrogens with one attached hydrogen (secondary N) is 1. The number of carbonyl (C=O) groups excluding carboxylic acids is 1. The highest BCUT2D eigenvalue weighted by Gasteiger charge is 2.26. The van der Waals surface area contributed by atoms with Crippen molar-refractivity contribution in [2.24, 2.45) is 7.05 Å². The van der Waals surface area contributed by atoms with Crippen molar-refractivity contribution in [3.63, 3.8) is 0 Å². The molecule has 3 aromatic rings. The molecule has 24 heavy (non-hydrogen) atoms. The Morgan fingerprint density at radius 2 is 2.21 bits per heavy atom. The smallest absolute Gasteiger partial charge is 0.254 e. The molecule has 1 unspecified atom stereocenters. The number of carbonyl (C=O) groups is 1. The second-order valence-electron chi connectivity index (χ2n) is 6.21. The van der Waals surface area contributed by atoms with E-state index >= 15 is 0 Å². The van der Waals surface area contributed by atoms with Crippen LogP contribution in [0.5, 0.6) is 0 Å². The van der Waals surface area contributed by atoms with Gasteiger partial charge >= 0.3 is 0 Å². The van der Waals surface area contributed by atoms with E-state index in [1.807, 2.05) is 25.5 Å². The van der Waals surface area contributed by atoms with Gasteiger partial charge in [-0.25, -0.2) is 15.0 Å². The first-order valence-electron chi connectivity index (χ1n) is 8.09. The predicted octanol–water partition coefficient (Wildman–Crippen LogP) is 2.85. The fourth-order valence-electron chi connectivity index (χ4n) is 3.29. The molecule has 1 amide bonds. The number of nitrogens with zero attached hydrogens (tertiary/aromatic N) is 4. The van der Waals surface area contributed by atoms with E-state index in [0.29, 0.717) is 11.1 Å². The molecule has 0 aromatic carbocycles. The van der Waals surface area contributed by atoms with Gasteiger partial charge in [0.15, 0.2) is 5.65 Å². The Morgan fingerprint density at radius 3 is 3.04 bits per heavy atom. The third kappa shape index (κ3) is 2.39. The minimum Gasteiger partial charge on any atom is -0.344 e. The van der Waals surface area contributed by atoms with Crippen LogP contribution in [0.3, 0.4) is 0 Å². The van der Waals surface area contributed by atoms with E-state index in [0.717, 1.165) is 41.4 Å². The van der Waals surface area contributed by atoms with E-state index in [9.17, 15) is 4.79 Å². The quantitative estimate of drug-likeness (QED) is 0.778. The number of fused-ring (bicyclic) bond motifs is 2. The summed E-state index contributed by atoms with van der Waals surface area (Å²) in [7, 11) is 1.91. The third-order valence-corrected chi connectivity index (χ3v) is 5.64. The lowest BCUT2D eigenvalue weighted by Crippen LogP contribution is -2.31. The Hall–Kier alpha value is -2.28. The first-order valence-corrected chi connectivity index (χ1v) is 8.91. The average Bonchev–Trinajstić information content (AvgIpc) is 3.08. The molecular weight excluding hydrogens is 322 g/mol. The van der Waals surface area contributed by atoms with Crippen LogP contribution >= 0.6 is 11.3 Å². The van der Waals surface area contributed by atoms with Gasteiger partial charge in [-0.2, -0.15) is 0 Å². The number of amides is 1. The van der Waals surface area contributed by atoms with Crippen LogP contribution in [-0.2, 0) is 13.5 Å². The Labute approximate surface area is 144 Å². The van der Waals surface area contributed by atoms with Crippen molar-refractivity contribution >= 4 is 28.4 Å². The van der Waals surface area contributed by atoms with Crippen molar-refractivity contribution in [2.45, 2.75) is 39.2 Å². The maximum Gasteiger partial charge on any atom is 0.254 e. The molecule has 3 heterocycles. The molecule has 0 fully saturated rings. The van der Waals surface area contributed by atoms with E-state index in [-0.39, 0.29) is 11.9 Å². The molecule has 1 aliphatic carbocycles. The summed E-state index contributed by atoms with van der Waals surface area (Å²) in [5.41, 5.74) is 3.00. The van der Waals surface area contributed by atoms with Crippen LogP contribution in [0.25, 0.3) is 11.2 Å². The van der Waals surface area contributed by atoms with Crippen molar-refractivity contribution in [1.29, 1.82) is 0 Å². The van der Waals surface area contributed by atoms with Gasteiger partial charge in [0.2, 0.25) is 0 Å². The number of thiazole rings is 1. The first-order chi connectivity index (χ1) is 11.5. The maximum atomic E-state index is 12.9. The maximum absolute atomic E-state index is 12.9. The summed E-state index contributed by atoms with van der Waals surface area (Å²) in [4.78, 5) is 27.6. The van der Waals surface area contributed by atoms with E-state index in [1.165, 1.54) is 4.88 Å². The SMILES string of the molecule is Cc1nc2c(s1)CCCC2NC(=O)c1ccnc2c1nc(C)n2C. The molecule has 4 rings (SSSR count).